The summed E-state index contributed by atoms with van der Waals surface area (Å²) in [5.41, 5.74) is 8.88. The van der Waals surface area contributed by atoms with Gasteiger partial charge in [-0.15, -0.1) is 0 Å². The number of para-hydroxylation sites is 1. The molecule has 4 nitrogen and oxygen atoms in total. The molecule has 1 atom stereocenters. The van der Waals surface area contributed by atoms with E-state index >= 15 is 0 Å². The zero-order chi connectivity index (χ0) is 15.4. The minimum Gasteiger partial charge on any atom is -0.377 e. The van der Waals surface area contributed by atoms with E-state index < -0.39 is 6.03 Å². The summed E-state index contributed by atoms with van der Waals surface area (Å²) in [6.45, 7) is 4.07. The van der Waals surface area contributed by atoms with E-state index in [1.54, 1.807) is 0 Å². The Labute approximate surface area is 129 Å². The Morgan fingerprint density at radius 1 is 1.19 bits per heavy atom. The predicted octanol–water partition coefficient (Wildman–Crippen LogP) is 4.31. The average molecular weight is 304 g/mol. The molecule has 0 fully saturated rings. The van der Waals surface area contributed by atoms with Gasteiger partial charge >= 0.3 is 6.03 Å². The SMILES string of the molecule is Cc1cccc(Cl)c1NC(C)c1ccc(NC(N)=O)cc1. The molecule has 2 aromatic rings. The Kier molecular flexibility index (Phi) is 4.70. The smallest absolute Gasteiger partial charge is 0.316 e. The van der Waals surface area contributed by atoms with E-state index in [2.05, 4.69) is 17.6 Å². The van der Waals surface area contributed by atoms with E-state index in [1.807, 2.05) is 49.4 Å². The number of nitrogens with two attached hydrogens (primary N) is 1. The number of amides is 2. The number of benzene rings is 2. The Morgan fingerprint density at radius 2 is 1.86 bits per heavy atom. The molecular weight excluding hydrogens is 286 g/mol. The zero-order valence-electron chi connectivity index (χ0n) is 12.0. The van der Waals surface area contributed by atoms with E-state index in [9.17, 15) is 4.79 Å². The molecule has 0 spiro atoms. The van der Waals surface area contributed by atoms with Crippen molar-refractivity contribution in [3.8, 4) is 0 Å². The fourth-order valence-electron chi connectivity index (χ4n) is 2.11. The van der Waals surface area contributed by atoms with Gasteiger partial charge in [0.1, 0.15) is 0 Å². The maximum Gasteiger partial charge on any atom is 0.316 e. The molecule has 0 bridgehead atoms. The van der Waals surface area contributed by atoms with Crippen molar-refractivity contribution < 1.29 is 4.79 Å². The first kappa shape index (κ1) is 15.2. The van der Waals surface area contributed by atoms with Gasteiger partial charge in [-0.2, -0.15) is 0 Å². The van der Waals surface area contributed by atoms with Gasteiger partial charge in [0.15, 0.2) is 0 Å². The number of anilines is 2. The minimum absolute atomic E-state index is 0.0891. The van der Waals surface area contributed by atoms with Gasteiger partial charge in [0, 0.05) is 11.7 Å². The average Bonchev–Trinajstić information content (AvgIpc) is 2.43. The molecule has 0 saturated carbocycles. The van der Waals surface area contributed by atoms with E-state index in [4.69, 9.17) is 17.3 Å². The molecule has 4 N–H and O–H groups in total. The van der Waals surface area contributed by atoms with E-state index in [-0.39, 0.29) is 6.04 Å². The lowest BCUT2D eigenvalue weighted by molar-refractivity contribution is 0.259. The summed E-state index contributed by atoms with van der Waals surface area (Å²) < 4.78 is 0. The van der Waals surface area contributed by atoms with Crippen molar-refractivity contribution in [1.82, 2.24) is 0 Å². The highest BCUT2D eigenvalue weighted by Gasteiger charge is 2.09. The van der Waals surface area contributed by atoms with Crippen molar-refractivity contribution in [2.24, 2.45) is 5.73 Å². The minimum atomic E-state index is -0.569. The molecule has 0 aliphatic heterocycles. The molecule has 2 rings (SSSR count). The van der Waals surface area contributed by atoms with Crippen molar-refractivity contribution in [1.29, 1.82) is 0 Å². The molecular formula is C16H18ClN3O. The second kappa shape index (κ2) is 6.50. The number of halogens is 1. The summed E-state index contributed by atoms with van der Waals surface area (Å²) >= 11 is 6.22. The van der Waals surface area contributed by atoms with E-state index in [1.165, 1.54) is 0 Å². The number of urea groups is 1. The molecule has 0 aliphatic carbocycles. The lowest BCUT2D eigenvalue weighted by Crippen LogP contribution is -2.19. The topological polar surface area (TPSA) is 67.2 Å². The number of aryl methyl sites for hydroxylation is 1. The van der Waals surface area contributed by atoms with Gasteiger partial charge < -0.3 is 16.4 Å². The van der Waals surface area contributed by atoms with Crippen LogP contribution in [0.4, 0.5) is 16.2 Å². The van der Waals surface area contributed by atoms with Crippen LogP contribution in [0.15, 0.2) is 42.5 Å². The first-order chi connectivity index (χ1) is 9.97. The summed E-state index contributed by atoms with van der Waals surface area (Å²) in [7, 11) is 0. The van der Waals surface area contributed by atoms with Crippen molar-refractivity contribution >= 4 is 29.0 Å². The van der Waals surface area contributed by atoms with Crippen molar-refractivity contribution in [3.05, 3.63) is 58.6 Å². The number of rotatable bonds is 4. The zero-order valence-corrected chi connectivity index (χ0v) is 12.7. The molecule has 0 aliphatic rings. The Morgan fingerprint density at radius 3 is 2.43 bits per heavy atom. The van der Waals surface area contributed by atoms with Crippen LogP contribution in [0.1, 0.15) is 24.1 Å². The molecule has 0 saturated heterocycles. The molecule has 1 unspecified atom stereocenters. The Bertz CT molecular complexity index is 620. The largest absolute Gasteiger partial charge is 0.377 e. The third-order valence-corrected chi connectivity index (χ3v) is 3.58. The predicted molar refractivity (Wildman–Crippen MR) is 87.9 cm³/mol. The quantitative estimate of drug-likeness (QED) is 0.787. The molecule has 0 heterocycles. The number of carbonyl (C=O) groups is 1. The van der Waals surface area contributed by atoms with Gasteiger partial charge in [-0.25, -0.2) is 4.79 Å². The Hall–Kier alpha value is -2.20. The van der Waals surface area contributed by atoms with Crippen molar-refractivity contribution in [2.45, 2.75) is 19.9 Å². The molecule has 110 valence electrons. The van der Waals surface area contributed by atoms with Gasteiger partial charge in [0.2, 0.25) is 0 Å². The molecule has 5 heteroatoms. The van der Waals surface area contributed by atoms with Crippen LogP contribution in [0.25, 0.3) is 0 Å². The van der Waals surface area contributed by atoms with Gasteiger partial charge in [0.05, 0.1) is 10.7 Å². The molecule has 0 radical (unpaired) electrons. The van der Waals surface area contributed by atoms with Gasteiger partial charge in [0.25, 0.3) is 0 Å². The van der Waals surface area contributed by atoms with Crippen LogP contribution in [-0.4, -0.2) is 6.03 Å². The molecule has 0 aromatic heterocycles. The number of nitrogens with one attached hydrogen (secondary N) is 2. The van der Waals surface area contributed by atoms with Gasteiger partial charge in [-0.05, 0) is 43.2 Å². The van der Waals surface area contributed by atoms with Crippen LogP contribution in [0.5, 0.6) is 0 Å². The van der Waals surface area contributed by atoms with Crippen LogP contribution in [0, 0.1) is 6.92 Å². The van der Waals surface area contributed by atoms with Gasteiger partial charge in [-0.3, -0.25) is 0 Å². The van der Waals surface area contributed by atoms with Crippen molar-refractivity contribution in [3.63, 3.8) is 0 Å². The van der Waals surface area contributed by atoms with Crippen LogP contribution in [-0.2, 0) is 0 Å². The number of carbonyl (C=O) groups excluding carboxylic acids is 1. The van der Waals surface area contributed by atoms with Crippen LogP contribution >= 0.6 is 11.6 Å². The highest BCUT2D eigenvalue weighted by atomic mass is 35.5. The third-order valence-electron chi connectivity index (χ3n) is 3.26. The highest BCUT2D eigenvalue weighted by Crippen LogP contribution is 2.29. The maximum absolute atomic E-state index is 10.8. The summed E-state index contributed by atoms with van der Waals surface area (Å²) in [6, 6.07) is 12.8. The Balaban J connectivity index is 2.13. The maximum atomic E-state index is 10.8. The summed E-state index contributed by atoms with van der Waals surface area (Å²) in [5.74, 6) is 0. The summed E-state index contributed by atoms with van der Waals surface area (Å²) in [5, 5.41) is 6.65. The summed E-state index contributed by atoms with van der Waals surface area (Å²) in [6.07, 6.45) is 0. The highest BCUT2D eigenvalue weighted by molar-refractivity contribution is 6.33. The lowest BCUT2D eigenvalue weighted by atomic mass is 10.1. The number of hydrogen-bond donors (Lipinski definition) is 3. The first-order valence-corrected chi connectivity index (χ1v) is 7.03. The molecule has 21 heavy (non-hydrogen) atoms. The van der Waals surface area contributed by atoms with Crippen LogP contribution in [0.2, 0.25) is 5.02 Å². The van der Waals surface area contributed by atoms with E-state index in [0.717, 1.165) is 16.8 Å². The second-order valence-electron chi connectivity index (χ2n) is 4.91. The third kappa shape index (κ3) is 3.89. The summed E-state index contributed by atoms with van der Waals surface area (Å²) in [4.78, 5) is 10.8. The molecule has 2 amide bonds. The number of primary amides is 1. The van der Waals surface area contributed by atoms with Crippen molar-refractivity contribution in [2.75, 3.05) is 10.6 Å². The first-order valence-electron chi connectivity index (χ1n) is 6.65. The van der Waals surface area contributed by atoms with E-state index in [0.29, 0.717) is 10.7 Å². The fourth-order valence-corrected chi connectivity index (χ4v) is 2.39. The van der Waals surface area contributed by atoms with Crippen LogP contribution in [0.3, 0.4) is 0 Å². The molecule has 2 aromatic carbocycles. The van der Waals surface area contributed by atoms with Crippen LogP contribution < -0.4 is 16.4 Å². The number of hydrogen-bond acceptors (Lipinski definition) is 2. The van der Waals surface area contributed by atoms with Gasteiger partial charge in [-0.1, -0.05) is 35.9 Å². The fraction of sp³-hybridized carbons (Fsp3) is 0.188. The second-order valence-corrected chi connectivity index (χ2v) is 5.32. The lowest BCUT2D eigenvalue weighted by Gasteiger charge is -2.19. The monoisotopic (exact) mass is 303 g/mol. The standard InChI is InChI=1S/C16H18ClN3O/c1-10-4-3-5-14(17)15(10)19-11(2)12-6-8-13(9-7-12)20-16(18)21/h3-9,11,19H,1-2H3,(H3,18,20,21). The normalized spacial score (nSPS) is 11.8.